The molecule has 0 unspecified atom stereocenters. The molecule has 2 aromatic rings. The van der Waals surface area contributed by atoms with E-state index in [2.05, 4.69) is 26.8 Å². The molecule has 0 radical (unpaired) electrons. The molecule has 0 bridgehead atoms. The highest BCUT2D eigenvalue weighted by Gasteiger charge is 2.20. The summed E-state index contributed by atoms with van der Waals surface area (Å²) in [4.78, 5) is -0.00461. The van der Waals surface area contributed by atoms with Crippen molar-refractivity contribution < 1.29 is 13.2 Å². The molecule has 0 aliphatic heterocycles. The number of aromatic amines is 1. The van der Waals surface area contributed by atoms with Gasteiger partial charge in [-0.3, -0.25) is 9.82 Å². The van der Waals surface area contributed by atoms with Gasteiger partial charge in [0.25, 0.3) is 10.0 Å². The highest BCUT2D eigenvalue weighted by molar-refractivity contribution is 7.92. The Morgan fingerprint density at radius 3 is 2.90 bits per heavy atom. The van der Waals surface area contributed by atoms with E-state index in [0.29, 0.717) is 11.3 Å². The summed E-state index contributed by atoms with van der Waals surface area (Å²) in [6.45, 7) is 0.196. The lowest BCUT2D eigenvalue weighted by atomic mass is 10.2. The zero-order valence-corrected chi connectivity index (χ0v) is 12.1. The SMILES string of the molecule is COc1ccc(C#CCN)cc1S(=O)(=O)Nc1cn[nH]c1. The third-order valence-corrected chi connectivity index (χ3v) is 3.94. The average molecular weight is 306 g/mol. The van der Waals surface area contributed by atoms with Gasteiger partial charge in [-0.2, -0.15) is 5.10 Å². The first-order valence-electron chi connectivity index (χ1n) is 5.95. The number of ether oxygens (including phenoxy) is 1. The van der Waals surface area contributed by atoms with E-state index in [4.69, 9.17) is 10.5 Å². The third kappa shape index (κ3) is 3.53. The predicted octanol–water partition coefficient (Wildman–Crippen LogP) is 0.529. The number of H-pyrrole nitrogens is 1. The molecule has 1 heterocycles. The van der Waals surface area contributed by atoms with Crippen molar-refractivity contribution in [3.63, 3.8) is 0 Å². The van der Waals surface area contributed by atoms with Gasteiger partial charge in [0, 0.05) is 11.8 Å². The quantitative estimate of drug-likeness (QED) is 0.714. The first kappa shape index (κ1) is 14.9. The molecular weight excluding hydrogens is 292 g/mol. The van der Waals surface area contributed by atoms with Gasteiger partial charge in [-0.05, 0) is 18.2 Å². The molecule has 0 spiro atoms. The summed E-state index contributed by atoms with van der Waals surface area (Å²) in [6, 6.07) is 4.65. The summed E-state index contributed by atoms with van der Waals surface area (Å²) in [6.07, 6.45) is 2.80. The first-order valence-corrected chi connectivity index (χ1v) is 7.43. The van der Waals surface area contributed by atoms with E-state index in [0.717, 1.165) is 0 Å². The Labute approximate surface area is 122 Å². The van der Waals surface area contributed by atoms with Crippen molar-refractivity contribution in [2.24, 2.45) is 5.73 Å². The second-order valence-electron chi connectivity index (χ2n) is 3.96. The van der Waals surface area contributed by atoms with Gasteiger partial charge < -0.3 is 10.5 Å². The molecule has 21 heavy (non-hydrogen) atoms. The standard InChI is InChI=1S/C13H14N4O3S/c1-20-12-5-4-10(3-2-6-14)7-13(12)21(18,19)17-11-8-15-16-9-11/h4-5,7-9,17H,6,14H2,1H3,(H,15,16). The minimum Gasteiger partial charge on any atom is -0.495 e. The number of sulfonamides is 1. The van der Waals surface area contributed by atoms with Crippen LogP contribution in [-0.2, 0) is 10.0 Å². The van der Waals surface area contributed by atoms with Crippen LogP contribution in [0.5, 0.6) is 5.75 Å². The van der Waals surface area contributed by atoms with E-state index in [1.165, 1.54) is 25.6 Å². The van der Waals surface area contributed by atoms with Crippen LogP contribution >= 0.6 is 0 Å². The molecule has 2 rings (SSSR count). The van der Waals surface area contributed by atoms with Crippen molar-refractivity contribution in [3.05, 3.63) is 36.2 Å². The maximum atomic E-state index is 12.4. The Hall–Kier alpha value is -2.50. The van der Waals surface area contributed by atoms with Gasteiger partial charge in [-0.25, -0.2) is 8.42 Å². The average Bonchev–Trinajstić information content (AvgIpc) is 2.97. The van der Waals surface area contributed by atoms with Gasteiger partial charge >= 0.3 is 0 Å². The van der Waals surface area contributed by atoms with Crippen LogP contribution in [0.4, 0.5) is 5.69 Å². The normalized spacial score (nSPS) is 10.6. The fraction of sp³-hybridized carbons (Fsp3) is 0.154. The molecule has 7 nitrogen and oxygen atoms in total. The molecule has 0 saturated heterocycles. The molecule has 0 amide bonds. The molecule has 110 valence electrons. The van der Waals surface area contributed by atoms with Crippen LogP contribution in [0, 0.1) is 11.8 Å². The zero-order valence-electron chi connectivity index (χ0n) is 11.3. The highest BCUT2D eigenvalue weighted by atomic mass is 32.2. The van der Waals surface area contributed by atoms with Crippen LogP contribution < -0.4 is 15.2 Å². The third-order valence-electron chi connectivity index (χ3n) is 2.54. The number of benzene rings is 1. The van der Waals surface area contributed by atoms with E-state index in [-0.39, 0.29) is 17.2 Å². The fourth-order valence-electron chi connectivity index (χ4n) is 1.63. The monoisotopic (exact) mass is 306 g/mol. The number of hydrogen-bond donors (Lipinski definition) is 3. The van der Waals surface area contributed by atoms with E-state index >= 15 is 0 Å². The Kier molecular flexibility index (Phi) is 4.47. The summed E-state index contributed by atoms with van der Waals surface area (Å²) in [5, 5.41) is 6.21. The number of nitrogens with one attached hydrogen (secondary N) is 2. The Balaban J connectivity index is 2.44. The van der Waals surface area contributed by atoms with Crippen molar-refractivity contribution in [1.29, 1.82) is 0 Å². The number of nitrogens with two attached hydrogens (primary N) is 1. The van der Waals surface area contributed by atoms with Crippen LogP contribution in [0.15, 0.2) is 35.5 Å². The Morgan fingerprint density at radius 1 is 1.48 bits per heavy atom. The van der Waals surface area contributed by atoms with Crippen LogP contribution in [0.2, 0.25) is 0 Å². The molecule has 0 fully saturated rings. The minimum atomic E-state index is -3.81. The van der Waals surface area contributed by atoms with E-state index < -0.39 is 10.0 Å². The van der Waals surface area contributed by atoms with Crippen molar-refractivity contribution >= 4 is 15.7 Å². The lowest BCUT2D eigenvalue weighted by molar-refractivity contribution is 0.403. The largest absolute Gasteiger partial charge is 0.495 e. The molecule has 1 aromatic carbocycles. The summed E-state index contributed by atoms with van der Waals surface area (Å²) in [5.74, 6) is 5.68. The summed E-state index contributed by atoms with van der Waals surface area (Å²) in [5.41, 5.74) is 6.17. The summed E-state index contributed by atoms with van der Waals surface area (Å²) >= 11 is 0. The van der Waals surface area contributed by atoms with Crippen molar-refractivity contribution in [1.82, 2.24) is 10.2 Å². The smallest absolute Gasteiger partial charge is 0.265 e. The van der Waals surface area contributed by atoms with Gasteiger partial charge in [0.1, 0.15) is 10.6 Å². The predicted molar refractivity (Wildman–Crippen MR) is 78.3 cm³/mol. The molecule has 0 aliphatic carbocycles. The van der Waals surface area contributed by atoms with Crippen LogP contribution in [0.3, 0.4) is 0 Å². The zero-order chi connectivity index (χ0) is 15.3. The lowest BCUT2D eigenvalue weighted by Crippen LogP contribution is -2.14. The van der Waals surface area contributed by atoms with Gasteiger partial charge in [0.05, 0.1) is 25.5 Å². The molecule has 0 aliphatic rings. The number of hydrogen-bond acceptors (Lipinski definition) is 5. The number of aromatic nitrogens is 2. The molecule has 4 N–H and O–H groups in total. The van der Waals surface area contributed by atoms with Gasteiger partial charge in [0.15, 0.2) is 0 Å². The maximum Gasteiger partial charge on any atom is 0.265 e. The Bertz CT molecular complexity index is 773. The summed E-state index contributed by atoms with van der Waals surface area (Å²) < 4.78 is 32.3. The van der Waals surface area contributed by atoms with Gasteiger partial charge in [0.2, 0.25) is 0 Å². The van der Waals surface area contributed by atoms with Crippen molar-refractivity contribution in [2.75, 3.05) is 18.4 Å². The van der Waals surface area contributed by atoms with E-state index in [1.807, 2.05) is 0 Å². The number of methoxy groups -OCH3 is 1. The maximum absolute atomic E-state index is 12.4. The molecule has 1 aromatic heterocycles. The minimum absolute atomic E-state index is 0.00461. The summed E-state index contributed by atoms with van der Waals surface area (Å²) in [7, 11) is -2.41. The second-order valence-corrected chi connectivity index (χ2v) is 5.61. The van der Waals surface area contributed by atoms with Crippen molar-refractivity contribution in [2.45, 2.75) is 4.90 Å². The topological polar surface area (TPSA) is 110 Å². The number of anilines is 1. The molecular formula is C13H14N4O3S. The number of nitrogens with zero attached hydrogens (tertiary/aromatic N) is 1. The first-order chi connectivity index (χ1) is 10.1. The lowest BCUT2D eigenvalue weighted by Gasteiger charge is -2.10. The second kappa shape index (κ2) is 6.30. The van der Waals surface area contributed by atoms with E-state index in [9.17, 15) is 8.42 Å². The van der Waals surface area contributed by atoms with Crippen LogP contribution in [-0.4, -0.2) is 32.3 Å². The molecule has 0 saturated carbocycles. The highest BCUT2D eigenvalue weighted by Crippen LogP contribution is 2.26. The number of rotatable bonds is 4. The van der Waals surface area contributed by atoms with Crippen LogP contribution in [0.25, 0.3) is 0 Å². The van der Waals surface area contributed by atoms with Gasteiger partial charge in [-0.1, -0.05) is 11.8 Å². The van der Waals surface area contributed by atoms with Gasteiger partial charge in [-0.15, -0.1) is 0 Å². The fourth-order valence-corrected chi connectivity index (χ4v) is 2.86. The van der Waals surface area contributed by atoms with Crippen molar-refractivity contribution in [3.8, 4) is 17.6 Å². The Morgan fingerprint density at radius 2 is 2.29 bits per heavy atom. The molecule has 8 heteroatoms. The van der Waals surface area contributed by atoms with E-state index in [1.54, 1.807) is 12.1 Å². The van der Waals surface area contributed by atoms with Crippen LogP contribution in [0.1, 0.15) is 5.56 Å². The molecule has 0 atom stereocenters.